The van der Waals surface area contributed by atoms with Crippen molar-refractivity contribution in [3.05, 3.63) is 62.8 Å². The number of phenols is 2. The van der Waals surface area contributed by atoms with Crippen molar-refractivity contribution in [2.75, 3.05) is 0 Å². The van der Waals surface area contributed by atoms with Crippen molar-refractivity contribution in [3.63, 3.8) is 0 Å². The number of halogens is 1. The third kappa shape index (κ3) is 3.13. The van der Waals surface area contributed by atoms with E-state index in [9.17, 15) is 20.1 Å². The second kappa shape index (κ2) is 6.77. The Hall–Kier alpha value is -2.92. The van der Waals surface area contributed by atoms with Gasteiger partial charge in [-0.3, -0.25) is 4.79 Å². The van der Waals surface area contributed by atoms with Gasteiger partial charge in [0.2, 0.25) is 11.2 Å². The monoisotopic (exact) mass is 372 g/mol. The largest absolute Gasteiger partial charge is 0.507 e. The minimum absolute atomic E-state index is 0.0350. The average Bonchev–Trinajstić information content (AvgIpc) is 2.57. The molecule has 0 fully saturated rings. The fraction of sp³-hybridized carbons (Fsp3) is 0.150. The molecular weight excluding hydrogens is 356 g/mol. The molecule has 3 rings (SSSR count). The van der Waals surface area contributed by atoms with Gasteiger partial charge < -0.3 is 19.7 Å². The average molecular weight is 373 g/mol. The van der Waals surface area contributed by atoms with Crippen LogP contribution in [-0.4, -0.2) is 15.3 Å². The SMILES string of the molecule is CC(C)=CCc1c(O)cc(O)c2c(=O)c(O)c(-c3ccc(Cl)cc3)oc12. The van der Waals surface area contributed by atoms with Gasteiger partial charge >= 0.3 is 0 Å². The van der Waals surface area contributed by atoms with Crippen LogP contribution in [0.2, 0.25) is 5.02 Å². The van der Waals surface area contributed by atoms with Crippen LogP contribution in [-0.2, 0) is 6.42 Å². The molecule has 0 bridgehead atoms. The molecule has 5 nitrogen and oxygen atoms in total. The highest BCUT2D eigenvalue weighted by atomic mass is 35.5. The zero-order valence-corrected chi connectivity index (χ0v) is 15.0. The molecule has 3 N–H and O–H groups in total. The Kier molecular flexibility index (Phi) is 4.66. The molecule has 1 aromatic heterocycles. The quantitative estimate of drug-likeness (QED) is 0.578. The smallest absolute Gasteiger partial charge is 0.238 e. The minimum Gasteiger partial charge on any atom is -0.507 e. The molecule has 0 amide bonds. The zero-order chi connectivity index (χ0) is 19.0. The van der Waals surface area contributed by atoms with Crippen molar-refractivity contribution >= 4 is 22.6 Å². The molecule has 26 heavy (non-hydrogen) atoms. The number of phenolic OH excluding ortho intramolecular Hbond substituents is 2. The van der Waals surface area contributed by atoms with E-state index in [1.165, 1.54) is 0 Å². The Balaban J connectivity index is 2.37. The molecule has 3 aromatic rings. The Morgan fingerprint density at radius 1 is 1.12 bits per heavy atom. The van der Waals surface area contributed by atoms with Gasteiger partial charge in [-0.25, -0.2) is 0 Å². The number of aromatic hydroxyl groups is 3. The predicted octanol–water partition coefficient (Wildman–Crippen LogP) is 4.74. The lowest BCUT2D eigenvalue weighted by molar-refractivity contribution is 0.435. The van der Waals surface area contributed by atoms with E-state index in [2.05, 4.69) is 0 Å². The second-order valence-electron chi connectivity index (χ2n) is 6.20. The first-order valence-corrected chi connectivity index (χ1v) is 8.30. The Bertz CT molecular complexity index is 1070. The van der Waals surface area contributed by atoms with Crippen molar-refractivity contribution in [2.24, 2.45) is 0 Å². The molecule has 0 saturated heterocycles. The normalized spacial score (nSPS) is 10.9. The molecule has 1 heterocycles. The van der Waals surface area contributed by atoms with Crippen LogP contribution in [0.15, 0.2) is 51.2 Å². The Labute approximate surface area is 154 Å². The minimum atomic E-state index is -0.771. The summed E-state index contributed by atoms with van der Waals surface area (Å²) < 4.78 is 5.78. The molecule has 0 saturated carbocycles. The summed E-state index contributed by atoms with van der Waals surface area (Å²) in [5, 5.41) is 30.9. The molecule has 0 aliphatic heterocycles. The van der Waals surface area contributed by atoms with Gasteiger partial charge in [0.1, 0.15) is 22.5 Å². The third-order valence-electron chi connectivity index (χ3n) is 4.02. The first-order valence-electron chi connectivity index (χ1n) is 7.92. The topological polar surface area (TPSA) is 90.9 Å². The number of benzene rings is 2. The van der Waals surface area contributed by atoms with Crippen LogP contribution in [0.3, 0.4) is 0 Å². The van der Waals surface area contributed by atoms with E-state index in [0.29, 0.717) is 22.6 Å². The molecule has 0 unspecified atom stereocenters. The molecule has 0 aliphatic carbocycles. The molecule has 6 heteroatoms. The van der Waals surface area contributed by atoms with E-state index in [-0.39, 0.29) is 22.5 Å². The van der Waals surface area contributed by atoms with Crippen molar-refractivity contribution in [1.82, 2.24) is 0 Å². The fourth-order valence-corrected chi connectivity index (χ4v) is 2.80. The number of rotatable bonds is 3. The highest BCUT2D eigenvalue weighted by Crippen LogP contribution is 2.38. The highest BCUT2D eigenvalue weighted by molar-refractivity contribution is 6.30. The summed E-state index contributed by atoms with van der Waals surface area (Å²) in [7, 11) is 0. The van der Waals surface area contributed by atoms with Crippen molar-refractivity contribution in [1.29, 1.82) is 0 Å². The maximum atomic E-state index is 12.6. The van der Waals surface area contributed by atoms with E-state index in [4.69, 9.17) is 16.0 Å². The number of hydrogen-bond acceptors (Lipinski definition) is 5. The summed E-state index contributed by atoms with van der Waals surface area (Å²) in [6.45, 7) is 3.81. The standard InChI is InChI=1S/C20H17ClO5/c1-10(2)3-8-13-14(22)9-15(23)16-17(24)18(25)19(26-20(13)16)11-4-6-12(21)7-5-11/h3-7,9,22-23,25H,8H2,1-2H3. The van der Waals surface area contributed by atoms with Gasteiger partial charge in [0.05, 0.1) is 0 Å². The summed E-state index contributed by atoms with van der Waals surface area (Å²) in [6, 6.07) is 7.49. The van der Waals surface area contributed by atoms with Gasteiger partial charge in [-0.05, 0) is 44.5 Å². The number of hydrogen-bond donors (Lipinski definition) is 3. The maximum Gasteiger partial charge on any atom is 0.238 e. The van der Waals surface area contributed by atoms with Crippen molar-refractivity contribution in [3.8, 4) is 28.6 Å². The summed E-state index contributed by atoms with van der Waals surface area (Å²) >= 11 is 5.88. The first-order chi connectivity index (χ1) is 12.3. The summed E-state index contributed by atoms with van der Waals surface area (Å²) in [5.74, 6) is -1.31. The van der Waals surface area contributed by atoms with Crippen LogP contribution in [0.1, 0.15) is 19.4 Å². The zero-order valence-electron chi connectivity index (χ0n) is 14.2. The molecule has 2 aromatic carbocycles. The number of allylic oxidation sites excluding steroid dienone is 2. The van der Waals surface area contributed by atoms with Crippen molar-refractivity contribution < 1.29 is 19.7 Å². The van der Waals surface area contributed by atoms with Gasteiger partial charge in [0.15, 0.2) is 5.76 Å². The van der Waals surface area contributed by atoms with Crippen LogP contribution >= 0.6 is 11.6 Å². The summed E-state index contributed by atoms with van der Waals surface area (Å²) in [4.78, 5) is 12.6. The van der Waals surface area contributed by atoms with Crippen LogP contribution in [0.25, 0.3) is 22.3 Å². The van der Waals surface area contributed by atoms with E-state index in [0.717, 1.165) is 11.6 Å². The Morgan fingerprint density at radius 3 is 2.38 bits per heavy atom. The number of fused-ring (bicyclic) bond motifs is 1. The van der Waals surface area contributed by atoms with Crippen LogP contribution < -0.4 is 5.43 Å². The lowest BCUT2D eigenvalue weighted by Crippen LogP contribution is -2.05. The summed E-state index contributed by atoms with van der Waals surface area (Å²) in [6.07, 6.45) is 2.17. The van der Waals surface area contributed by atoms with Crippen LogP contribution in [0.4, 0.5) is 0 Å². The third-order valence-corrected chi connectivity index (χ3v) is 4.27. The van der Waals surface area contributed by atoms with E-state index in [1.807, 2.05) is 19.9 Å². The highest BCUT2D eigenvalue weighted by Gasteiger charge is 2.22. The van der Waals surface area contributed by atoms with Gasteiger partial charge in [-0.15, -0.1) is 0 Å². The maximum absolute atomic E-state index is 12.6. The Morgan fingerprint density at radius 2 is 1.77 bits per heavy atom. The first kappa shape index (κ1) is 17.9. The van der Waals surface area contributed by atoms with E-state index in [1.54, 1.807) is 24.3 Å². The van der Waals surface area contributed by atoms with E-state index >= 15 is 0 Å². The van der Waals surface area contributed by atoms with Crippen LogP contribution in [0.5, 0.6) is 17.2 Å². The lowest BCUT2D eigenvalue weighted by Gasteiger charge is -2.11. The van der Waals surface area contributed by atoms with E-state index < -0.39 is 16.9 Å². The van der Waals surface area contributed by atoms with Crippen LogP contribution in [0, 0.1) is 0 Å². The second-order valence-corrected chi connectivity index (χ2v) is 6.64. The van der Waals surface area contributed by atoms with Gasteiger partial charge in [-0.2, -0.15) is 0 Å². The molecule has 134 valence electrons. The predicted molar refractivity (Wildman–Crippen MR) is 101 cm³/mol. The van der Waals surface area contributed by atoms with Gasteiger partial charge in [-0.1, -0.05) is 23.3 Å². The van der Waals surface area contributed by atoms with Gasteiger partial charge in [0, 0.05) is 22.2 Å². The molecule has 0 spiro atoms. The fourth-order valence-electron chi connectivity index (χ4n) is 2.68. The molecule has 0 radical (unpaired) electrons. The lowest BCUT2D eigenvalue weighted by atomic mass is 10.0. The van der Waals surface area contributed by atoms with Gasteiger partial charge in [0.25, 0.3) is 0 Å². The molecule has 0 aliphatic rings. The molecular formula is C20H17ClO5. The van der Waals surface area contributed by atoms with Crippen molar-refractivity contribution in [2.45, 2.75) is 20.3 Å². The summed E-state index contributed by atoms with van der Waals surface area (Å²) in [5.41, 5.74) is 1.08. The molecule has 0 atom stereocenters.